The van der Waals surface area contributed by atoms with Crippen molar-refractivity contribution in [2.24, 2.45) is 0 Å². The molecule has 2 heterocycles. The average Bonchev–Trinajstić information content (AvgIpc) is 3.47. The first-order valence-electron chi connectivity index (χ1n) is 9.88. The zero-order chi connectivity index (χ0) is 21.8. The van der Waals surface area contributed by atoms with Crippen molar-refractivity contribution in [2.45, 2.75) is 23.5 Å². The van der Waals surface area contributed by atoms with Gasteiger partial charge in [-0.2, -0.15) is 0 Å². The lowest BCUT2D eigenvalue weighted by molar-refractivity contribution is -0.151. The van der Waals surface area contributed by atoms with Crippen molar-refractivity contribution in [1.82, 2.24) is 0 Å². The maximum Gasteiger partial charge on any atom is 0.200 e. The predicted octanol–water partition coefficient (Wildman–Crippen LogP) is 4.01. The van der Waals surface area contributed by atoms with Crippen LogP contribution >= 0.6 is 11.3 Å². The first-order valence-corrected chi connectivity index (χ1v) is 10.8. The lowest BCUT2D eigenvalue weighted by Crippen LogP contribution is -2.50. The van der Waals surface area contributed by atoms with Crippen molar-refractivity contribution < 1.29 is 28.8 Å². The van der Waals surface area contributed by atoms with Crippen LogP contribution in [0, 0.1) is 0 Å². The van der Waals surface area contributed by atoms with E-state index in [4.69, 9.17) is 18.9 Å². The summed E-state index contributed by atoms with van der Waals surface area (Å²) in [4.78, 5) is 14.5. The van der Waals surface area contributed by atoms with Gasteiger partial charge >= 0.3 is 0 Å². The Labute approximate surface area is 184 Å². The van der Waals surface area contributed by atoms with E-state index >= 15 is 0 Å². The van der Waals surface area contributed by atoms with Crippen LogP contribution in [0.2, 0.25) is 0 Å². The van der Waals surface area contributed by atoms with E-state index in [1.807, 2.05) is 41.8 Å². The third-order valence-corrected chi connectivity index (χ3v) is 7.34. The quantitative estimate of drug-likeness (QED) is 0.649. The Morgan fingerprint density at radius 3 is 2.39 bits per heavy atom. The van der Waals surface area contributed by atoms with Crippen LogP contribution < -0.4 is 18.9 Å². The van der Waals surface area contributed by atoms with Gasteiger partial charge in [-0.25, -0.2) is 0 Å². The summed E-state index contributed by atoms with van der Waals surface area (Å²) in [6.07, 6.45) is 0.150. The van der Waals surface area contributed by atoms with Gasteiger partial charge in [0.2, 0.25) is 0 Å². The molecule has 1 aromatic heterocycles. The summed E-state index contributed by atoms with van der Waals surface area (Å²) in [5.41, 5.74) is -2.22. The molecule has 5 rings (SSSR count). The highest BCUT2D eigenvalue weighted by Gasteiger charge is 2.74. The van der Waals surface area contributed by atoms with E-state index in [1.165, 1.54) is 7.11 Å². The summed E-state index contributed by atoms with van der Waals surface area (Å²) in [5.74, 6) is 1.25. The van der Waals surface area contributed by atoms with Gasteiger partial charge in [0, 0.05) is 34.9 Å². The molecule has 0 amide bonds. The molecule has 0 saturated heterocycles. The Bertz CT molecular complexity index is 1140. The Balaban J connectivity index is 1.81. The molecular weight excluding hydrogens is 416 g/mol. The van der Waals surface area contributed by atoms with E-state index in [-0.39, 0.29) is 18.1 Å². The number of fused-ring (bicyclic) bond motifs is 3. The zero-order valence-corrected chi connectivity index (χ0v) is 18.2. The number of hydrogen-bond donors (Lipinski definition) is 1. The number of methoxy groups -OCH3 is 3. The lowest BCUT2D eigenvalue weighted by atomic mass is 9.73. The number of benzene rings is 2. The van der Waals surface area contributed by atoms with Gasteiger partial charge in [-0.05, 0) is 23.6 Å². The van der Waals surface area contributed by atoms with E-state index in [2.05, 4.69) is 0 Å². The van der Waals surface area contributed by atoms with Crippen LogP contribution in [-0.2, 0) is 16.0 Å². The number of carbonyl (C=O) groups excluding carboxylic acids is 1. The second kappa shape index (κ2) is 7.00. The second-order valence-corrected chi connectivity index (χ2v) is 8.65. The van der Waals surface area contributed by atoms with Gasteiger partial charge < -0.3 is 24.1 Å². The molecule has 2 aliphatic rings. The van der Waals surface area contributed by atoms with E-state index in [0.29, 0.717) is 34.1 Å². The molecule has 1 N–H and O–H groups in total. The molecule has 0 spiro atoms. The van der Waals surface area contributed by atoms with Gasteiger partial charge in [0.15, 0.2) is 17.0 Å². The number of thiophene rings is 1. The lowest BCUT2D eigenvalue weighted by Gasteiger charge is -2.38. The number of hydrogen-bond acceptors (Lipinski definition) is 7. The summed E-state index contributed by atoms with van der Waals surface area (Å²) >= 11 is 1.54. The first-order chi connectivity index (χ1) is 15.0. The van der Waals surface area contributed by atoms with Gasteiger partial charge in [0.25, 0.3) is 0 Å². The van der Waals surface area contributed by atoms with Crippen LogP contribution in [-0.4, -0.2) is 32.2 Å². The maximum absolute atomic E-state index is 13.5. The summed E-state index contributed by atoms with van der Waals surface area (Å²) in [5, 5.41) is 14.2. The van der Waals surface area contributed by atoms with E-state index in [9.17, 15) is 9.90 Å². The second-order valence-electron chi connectivity index (χ2n) is 7.67. The first kappa shape index (κ1) is 19.9. The number of aliphatic hydroxyl groups is 1. The van der Waals surface area contributed by atoms with Crippen LogP contribution in [0.5, 0.6) is 23.0 Å². The molecule has 0 bridgehead atoms. The molecular formula is C24H22O6S. The molecule has 1 aliphatic heterocycles. The SMILES string of the molecule is COc1ccc([C@@]23Oc4cc(OC)cc(OC)c4[C@]2(O)C(=O)C[C@H]3c2cccs2)cc1. The fraction of sp³-hybridized carbons (Fsp3) is 0.292. The molecule has 3 aromatic rings. The molecule has 0 radical (unpaired) electrons. The molecule has 31 heavy (non-hydrogen) atoms. The molecule has 0 unspecified atom stereocenters. The summed E-state index contributed by atoms with van der Waals surface area (Å²) in [7, 11) is 4.64. The predicted molar refractivity (Wildman–Crippen MR) is 115 cm³/mol. The Hall–Kier alpha value is -3.03. The van der Waals surface area contributed by atoms with Gasteiger partial charge in [0.1, 0.15) is 23.0 Å². The number of rotatable bonds is 5. The highest BCUT2D eigenvalue weighted by Crippen LogP contribution is 2.67. The molecule has 1 fully saturated rings. The zero-order valence-electron chi connectivity index (χ0n) is 17.4. The topological polar surface area (TPSA) is 74.2 Å². The highest BCUT2D eigenvalue weighted by atomic mass is 32.1. The van der Waals surface area contributed by atoms with Crippen molar-refractivity contribution in [3.05, 3.63) is 69.9 Å². The smallest absolute Gasteiger partial charge is 0.200 e. The molecule has 160 valence electrons. The minimum absolute atomic E-state index is 0.150. The monoisotopic (exact) mass is 438 g/mol. The van der Waals surface area contributed by atoms with E-state index in [1.54, 1.807) is 37.7 Å². The molecule has 3 atom stereocenters. The highest BCUT2D eigenvalue weighted by molar-refractivity contribution is 7.10. The van der Waals surface area contributed by atoms with Crippen LogP contribution in [0.15, 0.2) is 53.9 Å². The van der Waals surface area contributed by atoms with Gasteiger partial charge in [0.05, 0.1) is 26.9 Å². The third-order valence-electron chi connectivity index (χ3n) is 6.35. The minimum Gasteiger partial charge on any atom is -0.497 e. The van der Waals surface area contributed by atoms with Crippen LogP contribution in [0.1, 0.15) is 28.3 Å². The normalized spacial score (nSPS) is 26.2. The molecule has 1 saturated carbocycles. The largest absolute Gasteiger partial charge is 0.497 e. The average molecular weight is 439 g/mol. The van der Waals surface area contributed by atoms with Gasteiger partial charge in [-0.3, -0.25) is 4.79 Å². The number of carbonyl (C=O) groups is 1. The van der Waals surface area contributed by atoms with Crippen LogP contribution in [0.3, 0.4) is 0 Å². The van der Waals surface area contributed by atoms with Crippen molar-refractivity contribution >= 4 is 17.1 Å². The van der Waals surface area contributed by atoms with Crippen molar-refractivity contribution in [2.75, 3.05) is 21.3 Å². The number of Topliss-reactive ketones (excluding diaryl/α,β-unsaturated/α-hetero) is 1. The summed E-state index contributed by atoms with van der Waals surface area (Å²) < 4.78 is 22.9. The van der Waals surface area contributed by atoms with Crippen molar-refractivity contribution in [3.63, 3.8) is 0 Å². The van der Waals surface area contributed by atoms with Crippen LogP contribution in [0.4, 0.5) is 0 Å². The molecule has 2 aromatic carbocycles. The Kier molecular flexibility index (Phi) is 4.50. The molecule has 1 aliphatic carbocycles. The Morgan fingerprint density at radius 1 is 1.03 bits per heavy atom. The minimum atomic E-state index is -1.91. The molecule has 6 nitrogen and oxygen atoms in total. The fourth-order valence-corrected chi connectivity index (χ4v) is 5.84. The van der Waals surface area contributed by atoms with E-state index < -0.39 is 11.2 Å². The van der Waals surface area contributed by atoms with Crippen LogP contribution in [0.25, 0.3) is 0 Å². The third kappa shape index (κ3) is 2.50. The van der Waals surface area contributed by atoms with Gasteiger partial charge in [-0.15, -0.1) is 11.3 Å². The summed E-state index contributed by atoms with van der Waals surface area (Å²) in [6.45, 7) is 0. The fourth-order valence-electron chi connectivity index (χ4n) is 4.96. The summed E-state index contributed by atoms with van der Waals surface area (Å²) in [6, 6.07) is 14.6. The number of ketones is 1. The number of ether oxygens (including phenoxy) is 4. The van der Waals surface area contributed by atoms with Crippen molar-refractivity contribution in [3.8, 4) is 23.0 Å². The maximum atomic E-state index is 13.5. The Morgan fingerprint density at radius 2 is 1.77 bits per heavy atom. The standard InChI is InChI=1S/C24H22O6S/c1-27-15-8-6-14(7-9-15)24-17(20-5-4-10-31-20)13-21(25)23(24,26)22-18(29-3)11-16(28-2)12-19(22)30-24/h4-12,17,26H,13H2,1-3H3/t17-,23+,24-/m0/s1. The van der Waals surface area contributed by atoms with E-state index in [0.717, 1.165) is 4.88 Å². The van der Waals surface area contributed by atoms with Gasteiger partial charge in [-0.1, -0.05) is 18.2 Å². The van der Waals surface area contributed by atoms with Crippen molar-refractivity contribution in [1.29, 1.82) is 0 Å². The molecule has 7 heteroatoms.